The molecule has 0 saturated heterocycles. The van der Waals surface area contributed by atoms with Crippen LogP contribution in [0.5, 0.6) is 0 Å². The van der Waals surface area contributed by atoms with Crippen LogP contribution in [0.25, 0.3) is 0 Å². The molecule has 3 nitrogen and oxygen atoms in total. The Hall–Kier alpha value is -0.990. The Balaban J connectivity index is 1.93. The monoisotopic (exact) mass is 221 g/mol. The van der Waals surface area contributed by atoms with Gasteiger partial charge in [0.2, 0.25) is 5.95 Å². The number of imidazole rings is 1. The second kappa shape index (κ2) is 5.37. The van der Waals surface area contributed by atoms with E-state index in [1.165, 1.54) is 38.5 Å². The maximum atomic E-state index is 4.32. The molecule has 1 aromatic rings. The summed E-state index contributed by atoms with van der Waals surface area (Å²) in [5.41, 5.74) is 0. The number of hydrogen-bond acceptors (Lipinski definition) is 2. The first-order valence-corrected chi connectivity index (χ1v) is 6.55. The predicted molar refractivity (Wildman–Crippen MR) is 67.7 cm³/mol. The topological polar surface area (TPSA) is 29.9 Å². The molecule has 0 spiro atoms. The minimum atomic E-state index is 0.665. The Bertz CT molecular complexity index is 311. The van der Waals surface area contributed by atoms with Crippen molar-refractivity contribution >= 4 is 5.95 Å². The lowest BCUT2D eigenvalue weighted by molar-refractivity contribution is 0.264. The summed E-state index contributed by atoms with van der Waals surface area (Å²) in [7, 11) is 1.95. The summed E-state index contributed by atoms with van der Waals surface area (Å²) in [4.78, 5) is 4.32. The number of nitrogens with zero attached hydrogens (tertiary/aromatic N) is 2. The minimum Gasteiger partial charge on any atom is -0.359 e. The van der Waals surface area contributed by atoms with Gasteiger partial charge in [-0.25, -0.2) is 4.98 Å². The van der Waals surface area contributed by atoms with Crippen LogP contribution in [0, 0.1) is 5.92 Å². The maximum Gasteiger partial charge on any atom is 0.202 e. The highest BCUT2D eigenvalue weighted by Gasteiger charge is 2.22. The van der Waals surface area contributed by atoms with Crippen molar-refractivity contribution in [1.82, 2.24) is 9.55 Å². The van der Waals surface area contributed by atoms with Crippen molar-refractivity contribution in [2.75, 3.05) is 12.4 Å². The fourth-order valence-electron chi connectivity index (χ4n) is 2.92. The van der Waals surface area contributed by atoms with Gasteiger partial charge in [0.05, 0.1) is 0 Å². The standard InChI is InChI=1S/C13H23N3/c1-3-4-11-5-7-12(8-6-11)16-10-9-15-13(16)14-2/h9-12H,3-8H2,1-2H3,(H,14,15). The zero-order valence-electron chi connectivity index (χ0n) is 10.4. The molecule has 3 heteroatoms. The third-order valence-electron chi connectivity index (χ3n) is 3.80. The molecule has 1 N–H and O–H groups in total. The van der Waals surface area contributed by atoms with Gasteiger partial charge in [0.25, 0.3) is 0 Å². The van der Waals surface area contributed by atoms with Gasteiger partial charge in [0, 0.05) is 25.5 Å². The average Bonchev–Trinajstić information content (AvgIpc) is 2.78. The number of hydrogen-bond donors (Lipinski definition) is 1. The first-order valence-electron chi connectivity index (χ1n) is 6.55. The van der Waals surface area contributed by atoms with E-state index >= 15 is 0 Å². The molecule has 1 saturated carbocycles. The van der Waals surface area contributed by atoms with Crippen molar-refractivity contribution in [3.05, 3.63) is 12.4 Å². The number of aromatic nitrogens is 2. The summed E-state index contributed by atoms with van der Waals surface area (Å²) >= 11 is 0. The number of nitrogens with one attached hydrogen (secondary N) is 1. The Morgan fingerprint density at radius 2 is 2.12 bits per heavy atom. The molecule has 1 aliphatic carbocycles. The van der Waals surface area contributed by atoms with Crippen molar-refractivity contribution in [2.24, 2.45) is 5.92 Å². The molecule has 0 amide bonds. The molecule has 0 atom stereocenters. The molecule has 1 fully saturated rings. The fraction of sp³-hybridized carbons (Fsp3) is 0.769. The maximum absolute atomic E-state index is 4.32. The molecule has 90 valence electrons. The Morgan fingerprint density at radius 1 is 1.38 bits per heavy atom. The van der Waals surface area contributed by atoms with Crippen LogP contribution in [-0.4, -0.2) is 16.6 Å². The van der Waals surface area contributed by atoms with Crippen LogP contribution in [0.3, 0.4) is 0 Å². The molecular formula is C13H23N3. The van der Waals surface area contributed by atoms with Crippen LogP contribution >= 0.6 is 0 Å². The van der Waals surface area contributed by atoms with Crippen molar-refractivity contribution in [2.45, 2.75) is 51.5 Å². The van der Waals surface area contributed by atoms with Gasteiger partial charge in [-0.15, -0.1) is 0 Å². The van der Waals surface area contributed by atoms with Gasteiger partial charge in [0.1, 0.15) is 0 Å². The van der Waals surface area contributed by atoms with E-state index in [1.807, 2.05) is 13.2 Å². The van der Waals surface area contributed by atoms with E-state index in [-0.39, 0.29) is 0 Å². The Labute approximate surface area is 98.3 Å². The number of anilines is 1. The van der Waals surface area contributed by atoms with Crippen LogP contribution in [0.2, 0.25) is 0 Å². The van der Waals surface area contributed by atoms with Gasteiger partial charge in [-0.05, 0) is 31.6 Å². The van der Waals surface area contributed by atoms with Crippen LogP contribution in [0.15, 0.2) is 12.4 Å². The van der Waals surface area contributed by atoms with E-state index in [0.29, 0.717) is 6.04 Å². The molecule has 0 unspecified atom stereocenters. The van der Waals surface area contributed by atoms with Gasteiger partial charge in [-0.1, -0.05) is 19.8 Å². The van der Waals surface area contributed by atoms with Gasteiger partial charge >= 0.3 is 0 Å². The fourth-order valence-corrected chi connectivity index (χ4v) is 2.92. The van der Waals surface area contributed by atoms with E-state index in [9.17, 15) is 0 Å². The Kier molecular flexibility index (Phi) is 3.86. The molecule has 0 radical (unpaired) electrons. The Morgan fingerprint density at radius 3 is 2.75 bits per heavy atom. The molecule has 1 heterocycles. The molecular weight excluding hydrogens is 198 g/mol. The molecule has 2 rings (SSSR count). The lowest BCUT2D eigenvalue weighted by Gasteiger charge is -2.29. The third kappa shape index (κ3) is 2.39. The summed E-state index contributed by atoms with van der Waals surface area (Å²) < 4.78 is 2.31. The predicted octanol–water partition coefficient (Wildman–Crippen LogP) is 3.46. The highest BCUT2D eigenvalue weighted by molar-refractivity contribution is 5.25. The van der Waals surface area contributed by atoms with Crippen LogP contribution in [0.1, 0.15) is 51.5 Å². The summed E-state index contributed by atoms with van der Waals surface area (Å²) in [6, 6.07) is 0.665. The quantitative estimate of drug-likeness (QED) is 0.844. The summed E-state index contributed by atoms with van der Waals surface area (Å²) in [6.45, 7) is 2.29. The van der Waals surface area contributed by atoms with E-state index in [4.69, 9.17) is 0 Å². The van der Waals surface area contributed by atoms with Gasteiger partial charge < -0.3 is 9.88 Å². The van der Waals surface area contributed by atoms with E-state index in [0.717, 1.165) is 11.9 Å². The normalized spacial score (nSPS) is 25.6. The van der Waals surface area contributed by atoms with Crippen LogP contribution < -0.4 is 5.32 Å². The summed E-state index contributed by atoms with van der Waals surface area (Å²) in [5.74, 6) is 1.99. The zero-order chi connectivity index (χ0) is 11.4. The summed E-state index contributed by atoms with van der Waals surface area (Å²) in [5, 5.41) is 3.16. The van der Waals surface area contributed by atoms with E-state index in [1.54, 1.807) is 0 Å². The van der Waals surface area contributed by atoms with Gasteiger partial charge in [-0.3, -0.25) is 0 Å². The van der Waals surface area contributed by atoms with E-state index < -0.39 is 0 Å². The molecule has 0 aromatic carbocycles. The highest BCUT2D eigenvalue weighted by Crippen LogP contribution is 2.35. The first-order chi connectivity index (χ1) is 7.85. The van der Waals surface area contributed by atoms with Crippen molar-refractivity contribution in [3.8, 4) is 0 Å². The van der Waals surface area contributed by atoms with Gasteiger partial charge in [-0.2, -0.15) is 0 Å². The van der Waals surface area contributed by atoms with Crippen molar-refractivity contribution < 1.29 is 0 Å². The number of rotatable bonds is 4. The average molecular weight is 221 g/mol. The SMILES string of the molecule is CCCC1CCC(n2ccnc2NC)CC1. The van der Waals surface area contributed by atoms with E-state index in [2.05, 4.69) is 28.0 Å². The van der Waals surface area contributed by atoms with Crippen LogP contribution in [-0.2, 0) is 0 Å². The molecule has 1 aromatic heterocycles. The minimum absolute atomic E-state index is 0.665. The van der Waals surface area contributed by atoms with Crippen LogP contribution in [0.4, 0.5) is 5.95 Å². The molecule has 0 bridgehead atoms. The molecule has 1 aliphatic rings. The highest BCUT2D eigenvalue weighted by atomic mass is 15.2. The first kappa shape index (κ1) is 11.5. The lowest BCUT2D eigenvalue weighted by Crippen LogP contribution is -2.19. The van der Waals surface area contributed by atoms with Gasteiger partial charge in [0.15, 0.2) is 0 Å². The largest absolute Gasteiger partial charge is 0.359 e. The second-order valence-electron chi connectivity index (χ2n) is 4.87. The zero-order valence-corrected chi connectivity index (χ0v) is 10.4. The molecule has 16 heavy (non-hydrogen) atoms. The summed E-state index contributed by atoms with van der Waals surface area (Å²) in [6.07, 6.45) is 12.2. The smallest absolute Gasteiger partial charge is 0.202 e. The molecule has 0 aliphatic heterocycles. The lowest BCUT2D eigenvalue weighted by atomic mass is 9.83. The second-order valence-corrected chi connectivity index (χ2v) is 4.87. The van der Waals surface area contributed by atoms with Crippen molar-refractivity contribution in [3.63, 3.8) is 0 Å². The van der Waals surface area contributed by atoms with Crippen molar-refractivity contribution in [1.29, 1.82) is 0 Å². The third-order valence-corrected chi connectivity index (χ3v) is 3.80.